The van der Waals surface area contributed by atoms with Crippen LogP contribution in [-0.4, -0.2) is 31.4 Å². The van der Waals surface area contributed by atoms with Crippen molar-refractivity contribution in [3.63, 3.8) is 0 Å². The van der Waals surface area contributed by atoms with E-state index in [-0.39, 0.29) is 8.80 Å². The van der Waals surface area contributed by atoms with E-state index in [1.54, 1.807) is 0 Å². The molecule has 1 atom stereocenters. The van der Waals surface area contributed by atoms with Gasteiger partial charge in [0.05, 0.1) is 25.1 Å². The van der Waals surface area contributed by atoms with E-state index in [0.717, 1.165) is 17.0 Å². The van der Waals surface area contributed by atoms with Gasteiger partial charge in [-0.3, -0.25) is 0 Å². The van der Waals surface area contributed by atoms with Crippen LogP contribution in [0.3, 0.4) is 0 Å². The molecule has 24 heavy (non-hydrogen) atoms. The van der Waals surface area contributed by atoms with E-state index in [9.17, 15) is 0 Å². The summed E-state index contributed by atoms with van der Waals surface area (Å²) in [6.07, 6.45) is 8.36. The highest BCUT2D eigenvalue weighted by Gasteiger charge is 2.19. The molecule has 1 fully saturated rings. The predicted molar refractivity (Wildman–Crippen MR) is 112 cm³/mol. The maximum Gasteiger partial charge on any atom is 0.161 e. The van der Waals surface area contributed by atoms with Gasteiger partial charge in [-0.1, -0.05) is 55.3 Å². The van der Waals surface area contributed by atoms with E-state index < -0.39 is 0 Å². The smallest absolute Gasteiger partial charge is 0.161 e. The summed E-state index contributed by atoms with van der Waals surface area (Å²) in [5.74, 6) is 0. The molecule has 0 amide bonds. The molecule has 0 aliphatic heterocycles. The van der Waals surface area contributed by atoms with Gasteiger partial charge < -0.3 is 4.74 Å². The number of hydrogen-bond acceptors (Lipinski definition) is 5. The third kappa shape index (κ3) is 5.49. The topological polar surface area (TPSA) is 22.1 Å². The number of thiazole rings is 1. The summed E-state index contributed by atoms with van der Waals surface area (Å²) in [5, 5.41) is 0. The predicted octanol–water partition coefficient (Wildman–Crippen LogP) is 6.44. The zero-order chi connectivity index (χ0) is 16.8. The van der Waals surface area contributed by atoms with Crippen molar-refractivity contribution in [3.8, 4) is 0 Å². The molecule has 0 spiro atoms. The second kappa shape index (κ2) is 9.62. The van der Waals surface area contributed by atoms with Gasteiger partial charge in [-0.2, -0.15) is 0 Å². The molecule has 1 aromatic carbocycles. The first-order valence-corrected chi connectivity index (χ1v) is 14.4. The van der Waals surface area contributed by atoms with Gasteiger partial charge in [0.2, 0.25) is 0 Å². The Balaban J connectivity index is 1.46. The molecule has 6 heteroatoms. The van der Waals surface area contributed by atoms with Gasteiger partial charge in [0.15, 0.2) is 4.34 Å². The van der Waals surface area contributed by atoms with Gasteiger partial charge in [0.1, 0.15) is 0 Å². The Labute approximate surface area is 159 Å². The summed E-state index contributed by atoms with van der Waals surface area (Å²) in [6, 6.07) is 8.41. The molecule has 1 unspecified atom stereocenters. The third-order valence-corrected chi connectivity index (χ3v) is 12.2. The quantitative estimate of drug-likeness (QED) is 0.378. The number of nitrogens with zero attached hydrogens (tertiary/aromatic N) is 1. The van der Waals surface area contributed by atoms with E-state index >= 15 is 0 Å². The first-order valence-electron chi connectivity index (χ1n) is 8.83. The molecule has 2 aromatic rings. The fraction of sp³-hybridized carbons (Fsp3) is 0.611. The highest BCUT2D eigenvalue weighted by Crippen LogP contribution is 2.40. The van der Waals surface area contributed by atoms with E-state index in [4.69, 9.17) is 9.72 Å². The van der Waals surface area contributed by atoms with Gasteiger partial charge in [0.25, 0.3) is 0 Å². The molecule has 0 bridgehead atoms. The minimum absolute atomic E-state index is 0.336. The van der Waals surface area contributed by atoms with Crippen LogP contribution >= 0.6 is 32.9 Å². The van der Waals surface area contributed by atoms with Gasteiger partial charge in [-0.25, -0.2) is 4.98 Å². The lowest BCUT2D eigenvalue weighted by Gasteiger charge is -2.24. The standard InChI is InChI=1S/C18H26NOS3Si/c1-24(2)17(12-13-20-14-8-4-3-5-9-14)22-23-18-19-15-10-6-7-11-16(15)21-18/h6-7,10-11,14,17H,3-5,8-9,12-13H2,1-2H3. The van der Waals surface area contributed by atoms with Gasteiger partial charge in [-0.05, 0) is 42.2 Å². The highest BCUT2D eigenvalue weighted by atomic mass is 33.1. The summed E-state index contributed by atoms with van der Waals surface area (Å²) in [7, 11) is 3.54. The molecule has 131 valence electrons. The summed E-state index contributed by atoms with van der Waals surface area (Å²) < 4.78 is 8.62. The molecule has 1 aromatic heterocycles. The second-order valence-electron chi connectivity index (χ2n) is 6.61. The number of para-hydroxylation sites is 1. The van der Waals surface area contributed by atoms with Crippen molar-refractivity contribution in [2.24, 2.45) is 0 Å². The first kappa shape index (κ1) is 18.8. The van der Waals surface area contributed by atoms with Crippen LogP contribution < -0.4 is 0 Å². The van der Waals surface area contributed by atoms with Crippen LogP contribution in [0.5, 0.6) is 0 Å². The van der Waals surface area contributed by atoms with Crippen LogP contribution in [0.4, 0.5) is 0 Å². The van der Waals surface area contributed by atoms with Crippen molar-refractivity contribution in [1.82, 2.24) is 4.98 Å². The van der Waals surface area contributed by atoms with Crippen molar-refractivity contribution < 1.29 is 4.74 Å². The lowest BCUT2D eigenvalue weighted by atomic mass is 9.98. The number of rotatable bonds is 8. The lowest BCUT2D eigenvalue weighted by molar-refractivity contribution is 0.0284. The zero-order valence-corrected chi connectivity index (χ0v) is 17.9. The van der Waals surface area contributed by atoms with Crippen molar-refractivity contribution in [2.75, 3.05) is 6.61 Å². The SMILES string of the molecule is C[Si](C)C(CCOC1CCCCC1)SSc1nc2ccccc2s1. The fourth-order valence-corrected chi connectivity index (χ4v) is 9.91. The molecule has 1 radical (unpaired) electrons. The Kier molecular flexibility index (Phi) is 7.52. The van der Waals surface area contributed by atoms with Crippen LogP contribution in [0.15, 0.2) is 28.6 Å². The Morgan fingerprint density at radius 3 is 2.79 bits per heavy atom. The number of fused-ring (bicyclic) bond motifs is 1. The molecule has 1 saturated carbocycles. The van der Waals surface area contributed by atoms with E-state index in [1.807, 2.05) is 32.9 Å². The highest BCUT2D eigenvalue weighted by molar-refractivity contribution is 8.77. The summed E-state index contributed by atoms with van der Waals surface area (Å²) in [6.45, 7) is 5.77. The number of benzene rings is 1. The second-order valence-corrected chi connectivity index (χ2v) is 13.6. The van der Waals surface area contributed by atoms with Gasteiger partial charge in [-0.15, -0.1) is 11.3 Å². The largest absolute Gasteiger partial charge is 0.378 e. The normalized spacial score (nSPS) is 17.6. The van der Waals surface area contributed by atoms with E-state index in [0.29, 0.717) is 6.10 Å². The van der Waals surface area contributed by atoms with Crippen molar-refractivity contribution >= 4 is 51.9 Å². The summed E-state index contributed by atoms with van der Waals surface area (Å²) in [5.41, 5.74) is 1.13. The van der Waals surface area contributed by atoms with Crippen LogP contribution in [0, 0.1) is 0 Å². The maximum atomic E-state index is 6.14. The van der Waals surface area contributed by atoms with Crippen LogP contribution in [0.1, 0.15) is 38.5 Å². The Morgan fingerprint density at radius 1 is 1.25 bits per heavy atom. The first-order chi connectivity index (χ1) is 11.7. The Morgan fingerprint density at radius 2 is 2.04 bits per heavy atom. The fourth-order valence-electron chi connectivity index (χ4n) is 2.99. The third-order valence-electron chi connectivity index (χ3n) is 4.44. The molecule has 1 aliphatic carbocycles. The molecule has 1 heterocycles. The molecule has 0 N–H and O–H groups in total. The Bertz CT molecular complexity index is 595. The number of hydrogen-bond donors (Lipinski definition) is 0. The van der Waals surface area contributed by atoms with Crippen LogP contribution in [0.25, 0.3) is 10.2 Å². The number of aromatic nitrogens is 1. The average Bonchev–Trinajstić information content (AvgIpc) is 3.01. The Hall–Kier alpha value is -0.0131. The summed E-state index contributed by atoms with van der Waals surface area (Å²) >= 11 is 1.81. The van der Waals surface area contributed by atoms with Gasteiger partial charge >= 0.3 is 0 Å². The molecule has 3 rings (SSSR count). The van der Waals surface area contributed by atoms with Crippen molar-refractivity contribution in [3.05, 3.63) is 24.3 Å². The van der Waals surface area contributed by atoms with E-state index in [1.165, 1.54) is 47.6 Å². The lowest BCUT2D eigenvalue weighted by Crippen LogP contribution is -2.24. The maximum absolute atomic E-state index is 6.14. The minimum Gasteiger partial charge on any atom is -0.378 e. The molecular weight excluding hydrogens is 370 g/mol. The van der Waals surface area contributed by atoms with Crippen LogP contribution in [0.2, 0.25) is 13.1 Å². The van der Waals surface area contributed by atoms with E-state index in [2.05, 4.69) is 37.4 Å². The zero-order valence-electron chi connectivity index (χ0n) is 14.5. The molecular formula is C18H26NOS3Si. The van der Waals surface area contributed by atoms with Crippen LogP contribution in [-0.2, 0) is 4.74 Å². The molecule has 0 saturated heterocycles. The van der Waals surface area contributed by atoms with Crippen molar-refractivity contribution in [1.29, 1.82) is 0 Å². The summed E-state index contributed by atoms with van der Waals surface area (Å²) in [4.78, 5) is 5.46. The monoisotopic (exact) mass is 396 g/mol. The molecule has 1 aliphatic rings. The van der Waals surface area contributed by atoms with Gasteiger partial charge in [0, 0.05) is 11.5 Å². The minimum atomic E-state index is -0.336. The molecule has 2 nitrogen and oxygen atoms in total. The van der Waals surface area contributed by atoms with Crippen molar-refractivity contribution in [2.45, 2.75) is 66.9 Å². The average molecular weight is 397 g/mol. The number of ether oxygens (including phenoxy) is 1.